The summed E-state index contributed by atoms with van der Waals surface area (Å²) in [6, 6.07) is 0. The van der Waals surface area contributed by atoms with Crippen LogP contribution in [0.5, 0.6) is 0 Å². The van der Waals surface area contributed by atoms with Crippen LogP contribution in [-0.2, 0) is 4.79 Å². The second-order valence-electron chi connectivity index (χ2n) is 2.87. The highest BCUT2D eigenvalue weighted by Crippen LogP contribution is 2.12. The van der Waals surface area contributed by atoms with Crippen LogP contribution in [0.2, 0.25) is 0 Å². The van der Waals surface area contributed by atoms with E-state index >= 15 is 0 Å². The minimum Gasteiger partial charge on any atom is -0.480 e. The van der Waals surface area contributed by atoms with Crippen molar-refractivity contribution in [2.24, 2.45) is 0 Å². The van der Waals surface area contributed by atoms with Gasteiger partial charge in [-0.2, -0.15) is 0 Å². The first-order valence-corrected chi connectivity index (χ1v) is 4.39. The van der Waals surface area contributed by atoms with Crippen molar-refractivity contribution >= 4 is 11.8 Å². The molecule has 5 heteroatoms. The second-order valence-corrected chi connectivity index (χ2v) is 2.87. The summed E-state index contributed by atoms with van der Waals surface area (Å²) in [6.45, 7) is 4.26. The van der Waals surface area contributed by atoms with Crippen molar-refractivity contribution in [1.82, 2.24) is 9.97 Å². The first-order chi connectivity index (χ1) is 6.65. The molecule has 14 heavy (non-hydrogen) atoms. The Kier molecular flexibility index (Phi) is 3.39. The molecule has 0 radical (unpaired) electrons. The van der Waals surface area contributed by atoms with Crippen molar-refractivity contribution < 1.29 is 9.90 Å². The molecule has 1 heterocycles. The van der Waals surface area contributed by atoms with Gasteiger partial charge in [0.1, 0.15) is 6.54 Å². The van der Waals surface area contributed by atoms with E-state index < -0.39 is 5.97 Å². The number of nitrogens with zero attached hydrogens (tertiary/aromatic N) is 3. The van der Waals surface area contributed by atoms with E-state index in [-0.39, 0.29) is 6.54 Å². The summed E-state index contributed by atoms with van der Waals surface area (Å²) in [5.74, 6) is -0.227. The zero-order valence-electron chi connectivity index (χ0n) is 8.27. The van der Waals surface area contributed by atoms with Gasteiger partial charge in [0.25, 0.3) is 0 Å². The fourth-order valence-corrected chi connectivity index (χ4v) is 1.21. The minimum atomic E-state index is -0.864. The first-order valence-electron chi connectivity index (χ1n) is 4.39. The van der Waals surface area contributed by atoms with E-state index in [1.54, 1.807) is 17.3 Å². The number of rotatable bonds is 4. The molecule has 0 fully saturated rings. The van der Waals surface area contributed by atoms with Crippen molar-refractivity contribution in [3.8, 4) is 0 Å². The molecule has 0 atom stereocenters. The molecule has 0 aliphatic heterocycles. The van der Waals surface area contributed by atoms with E-state index in [1.165, 1.54) is 0 Å². The predicted molar refractivity (Wildman–Crippen MR) is 52.3 cm³/mol. The highest BCUT2D eigenvalue weighted by molar-refractivity contribution is 5.73. The molecule has 0 bridgehead atoms. The summed E-state index contributed by atoms with van der Waals surface area (Å²) in [6.07, 6.45) is 3.15. The van der Waals surface area contributed by atoms with Crippen molar-refractivity contribution in [3.63, 3.8) is 0 Å². The van der Waals surface area contributed by atoms with Crippen LogP contribution in [0.25, 0.3) is 0 Å². The molecule has 76 valence electrons. The van der Waals surface area contributed by atoms with Gasteiger partial charge in [-0.15, -0.1) is 0 Å². The van der Waals surface area contributed by atoms with Crippen molar-refractivity contribution in [3.05, 3.63) is 18.1 Å². The lowest BCUT2D eigenvalue weighted by molar-refractivity contribution is -0.135. The smallest absolute Gasteiger partial charge is 0.323 e. The zero-order valence-corrected chi connectivity index (χ0v) is 8.27. The van der Waals surface area contributed by atoms with Crippen LogP contribution in [0.4, 0.5) is 5.82 Å². The van der Waals surface area contributed by atoms with Gasteiger partial charge >= 0.3 is 5.97 Å². The van der Waals surface area contributed by atoms with Gasteiger partial charge in [0.05, 0.1) is 5.69 Å². The summed E-state index contributed by atoms with van der Waals surface area (Å²) in [7, 11) is 0. The molecular weight excluding hydrogens is 182 g/mol. The molecule has 1 aromatic rings. The molecule has 1 aromatic heterocycles. The Morgan fingerprint density at radius 3 is 2.64 bits per heavy atom. The SMILES string of the molecule is CCN(CC(=O)O)c1nccnc1C. The largest absolute Gasteiger partial charge is 0.480 e. The fourth-order valence-electron chi connectivity index (χ4n) is 1.21. The normalized spacial score (nSPS) is 9.86. The lowest BCUT2D eigenvalue weighted by Crippen LogP contribution is -2.30. The number of carboxylic acids is 1. The minimum absolute atomic E-state index is 0.0456. The topological polar surface area (TPSA) is 66.3 Å². The molecule has 0 unspecified atom stereocenters. The summed E-state index contributed by atoms with van der Waals surface area (Å²) in [4.78, 5) is 20.4. The quantitative estimate of drug-likeness (QED) is 0.765. The molecule has 5 nitrogen and oxygen atoms in total. The summed E-state index contributed by atoms with van der Waals surface area (Å²) in [5, 5.41) is 8.68. The van der Waals surface area contributed by atoms with E-state index in [0.717, 1.165) is 5.69 Å². The third kappa shape index (κ3) is 2.42. The second kappa shape index (κ2) is 4.55. The number of hydrogen-bond donors (Lipinski definition) is 1. The maximum atomic E-state index is 10.6. The summed E-state index contributed by atoms with van der Waals surface area (Å²) < 4.78 is 0. The van der Waals surface area contributed by atoms with E-state index in [9.17, 15) is 4.79 Å². The fraction of sp³-hybridized carbons (Fsp3) is 0.444. The molecule has 0 aliphatic carbocycles. The lowest BCUT2D eigenvalue weighted by Gasteiger charge is -2.20. The number of likely N-dealkylation sites (N-methyl/N-ethyl adjacent to an activating group) is 1. The van der Waals surface area contributed by atoms with Crippen LogP contribution >= 0.6 is 0 Å². The maximum Gasteiger partial charge on any atom is 0.323 e. The Labute approximate surface area is 82.4 Å². The molecule has 0 amide bonds. The molecule has 1 N–H and O–H groups in total. The van der Waals surface area contributed by atoms with Gasteiger partial charge in [-0.05, 0) is 13.8 Å². The molecule has 0 spiro atoms. The molecule has 0 saturated heterocycles. The van der Waals surface area contributed by atoms with E-state index in [1.807, 2.05) is 13.8 Å². The number of carboxylic acid groups (broad SMARTS) is 1. The molecular formula is C9H13N3O2. The monoisotopic (exact) mass is 195 g/mol. The van der Waals surface area contributed by atoms with Gasteiger partial charge in [-0.3, -0.25) is 9.78 Å². The number of aryl methyl sites for hydroxylation is 1. The Morgan fingerprint density at radius 1 is 1.50 bits per heavy atom. The summed E-state index contributed by atoms with van der Waals surface area (Å²) >= 11 is 0. The van der Waals surface area contributed by atoms with Gasteiger partial charge in [0.2, 0.25) is 0 Å². The van der Waals surface area contributed by atoms with Gasteiger partial charge < -0.3 is 10.0 Å². The highest BCUT2D eigenvalue weighted by atomic mass is 16.4. The van der Waals surface area contributed by atoms with Crippen molar-refractivity contribution in [1.29, 1.82) is 0 Å². The lowest BCUT2D eigenvalue weighted by atomic mass is 10.4. The Hall–Kier alpha value is -1.65. The van der Waals surface area contributed by atoms with Crippen LogP contribution in [0, 0.1) is 6.92 Å². The molecule has 1 rings (SSSR count). The standard InChI is InChI=1S/C9H13N3O2/c1-3-12(6-8(13)14)9-7(2)10-4-5-11-9/h4-5H,3,6H2,1-2H3,(H,13,14). The van der Waals surface area contributed by atoms with E-state index in [2.05, 4.69) is 9.97 Å². The molecule has 0 aliphatic rings. The van der Waals surface area contributed by atoms with Crippen LogP contribution in [-0.4, -0.2) is 34.1 Å². The number of carbonyl (C=O) groups is 1. The van der Waals surface area contributed by atoms with E-state index in [0.29, 0.717) is 12.4 Å². The Bertz CT molecular complexity index is 328. The van der Waals surface area contributed by atoms with Crippen LogP contribution in [0.1, 0.15) is 12.6 Å². The Morgan fingerprint density at radius 2 is 2.14 bits per heavy atom. The van der Waals surface area contributed by atoms with Gasteiger partial charge in [-0.25, -0.2) is 4.98 Å². The average Bonchev–Trinajstić information content (AvgIpc) is 2.15. The van der Waals surface area contributed by atoms with Crippen molar-refractivity contribution in [2.75, 3.05) is 18.0 Å². The average molecular weight is 195 g/mol. The third-order valence-corrected chi connectivity index (χ3v) is 1.86. The van der Waals surface area contributed by atoms with Gasteiger partial charge in [0, 0.05) is 18.9 Å². The number of aromatic nitrogens is 2. The Balaban J connectivity index is 2.89. The maximum absolute atomic E-state index is 10.6. The van der Waals surface area contributed by atoms with Crippen LogP contribution in [0.15, 0.2) is 12.4 Å². The van der Waals surface area contributed by atoms with Gasteiger partial charge in [0.15, 0.2) is 5.82 Å². The number of anilines is 1. The molecule has 0 saturated carbocycles. The van der Waals surface area contributed by atoms with Gasteiger partial charge in [-0.1, -0.05) is 0 Å². The van der Waals surface area contributed by atoms with E-state index in [4.69, 9.17) is 5.11 Å². The summed E-state index contributed by atoms with van der Waals surface area (Å²) in [5.41, 5.74) is 0.746. The first kappa shape index (κ1) is 10.4. The third-order valence-electron chi connectivity index (χ3n) is 1.86. The zero-order chi connectivity index (χ0) is 10.6. The van der Waals surface area contributed by atoms with Crippen LogP contribution < -0.4 is 4.90 Å². The molecule has 0 aromatic carbocycles. The van der Waals surface area contributed by atoms with Crippen LogP contribution in [0.3, 0.4) is 0 Å². The highest BCUT2D eigenvalue weighted by Gasteiger charge is 2.12. The number of aliphatic carboxylic acids is 1. The predicted octanol–water partition coefficient (Wildman–Crippen LogP) is 0.696. The van der Waals surface area contributed by atoms with Crippen molar-refractivity contribution in [2.45, 2.75) is 13.8 Å². The number of hydrogen-bond acceptors (Lipinski definition) is 4.